The lowest BCUT2D eigenvalue weighted by atomic mass is 10.1. The maximum absolute atomic E-state index is 10.8. The first kappa shape index (κ1) is 14.1. The Balaban J connectivity index is 2.92. The first-order valence-electron chi connectivity index (χ1n) is 5.59. The second-order valence-corrected chi connectivity index (χ2v) is 4.97. The number of halogens is 1. The Labute approximate surface area is 110 Å². The van der Waals surface area contributed by atoms with E-state index in [4.69, 9.17) is 0 Å². The maximum Gasteiger partial charge on any atom is 0.283 e. The average molecular weight is 301 g/mol. The van der Waals surface area contributed by atoms with Crippen LogP contribution in [0.4, 0.5) is 5.69 Å². The van der Waals surface area contributed by atoms with Crippen LogP contribution in [0.5, 0.6) is 0 Å². The molecular formula is C12H17BrN2O2. The van der Waals surface area contributed by atoms with Crippen molar-refractivity contribution in [3.05, 3.63) is 38.3 Å². The molecular weight excluding hydrogens is 284 g/mol. The van der Waals surface area contributed by atoms with Crippen LogP contribution in [0.3, 0.4) is 0 Å². The molecule has 0 spiro atoms. The van der Waals surface area contributed by atoms with Crippen molar-refractivity contribution in [1.82, 2.24) is 4.90 Å². The van der Waals surface area contributed by atoms with Crippen molar-refractivity contribution in [2.24, 2.45) is 0 Å². The third kappa shape index (κ3) is 3.51. The zero-order valence-electron chi connectivity index (χ0n) is 10.3. The van der Waals surface area contributed by atoms with Gasteiger partial charge in [-0.25, -0.2) is 0 Å². The fourth-order valence-electron chi connectivity index (χ4n) is 1.57. The van der Waals surface area contributed by atoms with Crippen LogP contribution in [0.1, 0.15) is 25.8 Å². The van der Waals surface area contributed by atoms with E-state index in [-0.39, 0.29) is 10.6 Å². The summed E-state index contributed by atoms with van der Waals surface area (Å²) in [4.78, 5) is 12.6. The van der Waals surface area contributed by atoms with Crippen LogP contribution < -0.4 is 0 Å². The minimum Gasteiger partial charge on any atom is -0.299 e. The van der Waals surface area contributed by atoms with Crippen molar-refractivity contribution in [2.75, 3.05) is 7.05 Å². The molecule has 0 aliphatic rings. The minimum absolute atomic E-state index is 0.125. The van der Waals surface area contributed by atoms with E-state index in [9.17, 15) is 10.1 Å². The maximum atomic E-state index is 10.8. The monoisotopic (exact) mass is 300 g/mol. The van der Waals surface area contributed by atoms with Crippen molar-refractivity contribution in [3.8, 4) is 0 Å². The number of benzene rings is 1. The Hall–Kier alpha value is -0.940. The van der Waals surface area contributed by atoms with Crippen LogP contribution >= 0.6 is 15.9 Å². The fraction of sp³-hybridized carbons (Fsp3) is 0.500. The lowest BCUT2D eigenvalue weighted by Crippen LogP contribution is -2.27. The number of hydrogen-bond acceptors (Lipinski definition) is 3. The lowest BCUT2D eigenvalue weighted by Gasteiger charge is -2.23. The third-order valence-electron chi connectivity index (χ3n) is 3.02. The third-order valence-corrected chi connectivity index (χ3v) is 3.93. The first-order valence-corrected chi connectivity index (χ1v) is 6.38. The van der Waals surface area contributed by atoms with Gasteiger partial charge in [0.25, 0.3) is 5.69 Å². The number of hydrogen-bond donors (Lipinski definition) is 0. The summed E-state index contributed by atoms with van der Waals surface area (Å²) in [6.07, 6.45) is 1.06. The molecule has 0 N–H and O–H groups in total. The summed E-state index contributed by atoms with van der Waals surface area (Å²) in [6.45, 7) is 4.98. The van der Waals surface area contributed by atoms with Gasteiger partial charge in [0, 0.05) is 18.7 Å². The number of rotatable bonds is 5. The average Bonchev–Trinajstić information content (AvgIpc) is 2.30. The first-order chi connectivity index (χ1) is 7.97. The standard InChI is InChI=1S/C12H17BrN2O2/c1-4-9(2)14(3)8-10-6-5-7-11(12(10)13)15(16)17/h5-7,9H,4,8H2,1-3H3. The van der Waals surface area contributed by atoms with E-state index in [1.807, 2.05) is 13.1 Å². The molecule has 0 aliphatic heterocycles. The van der Waals surface area contributed by atoms with Gasteiger partial charge in [-0.2, -0.15) is 0 Å². The predicted molar refractivity (Wildman–Crippen MR) is 72.0 cm³/mol. The van der Waals surface area contributed by atoms with Gasteiger partial charge in [0.05, 0.1) is 9.40 Å². The molecule has 4 nitrogen and oxygen atoms in total. The van der Waals surface area contributed by atoms with Crippen molar-refractivity contribution < 1.29 is 4.92 Å². The van der Waals surface area contributed by atoms with Gasteiger partial charge in [0.2, 0.25) is 0 Å². The lowest BCUT2D eigenvalue weighted by molar-refractivity contribution is -0.385. The van der Waals surface area contributed by atoms with Crippen LogP contribution in [0.15, 0.2) is 22.7 Å². The summed E-state index contributed by atoms with van der Waals surface area (Å²) in [5.41, 5.74) is 1.07. The van der Waals surface area contributed by atoms with E-state index >= 15 is 0 Å². The molecule has 1 unspecified atom stereocenters. The van der Waals surface area contributed by atoms with E-state index in [0.29, 0.717) is 17.1 Å². The molecule has 0 radical (unpaired) electrons. The molecule has 1 aromatic rings. The van der Waals surface area contributed by atoms with Crippen LogP contribution in [0.25, 0.3) is 0 Å². The molecule has 17 heavy (non-hydrogen) atoms. The second-order valence-electron chi connectivity index (χ2n) is 4.18. The van der Waals surface area contributed by atoms with Crippen molar-refractivity contribution in [2.45, 2.75) is 32.9 Å². The van der Waals surface area contributed by atoms with Crippen LogP contribution in [0, 0.1) is 10.1 Å². The molecule has 0 heterocycles. The summed E-state index contributed by atoms with van der Waals surface area (Å²) in [7, 11) is 2.03. The largest absolute Gasteiger partial charge is 0.299 e. The Morgan fingerprint density at radius 3 is 2.71 bits per heavy atom. The highest BCUT2D eigenvalue weighted by molar-refractivity contribution is 9.10. The summed E-state index contributed by atoms with van der Waals surface area (Å²) >= 11 is 3.31. The zero-order chi connectivity index (χ0) is 13.0. The molecule has 1 aromatic carbocycles. The van der Waals surface area contributed by atoms with Gasteiger partial charge in [-0.15, -0.1) is 0 Å². The Kier molecular flexibility index (Phi) is 5.08. The van der Waals surface area contributed by atoms with Crippen molar-refractivity contribution >= 4 is 21.6 Å². The van der Waals surface area contributed by atoms with E-state index in [0.717, 1.165) is 12.0 Å². The van der Waals surface area contributed by atoms with E-state index in [1.54, 1.807) is 6.07 Å². The smallest absolute Gasteiger partial charge is 0.283 e. The molecule has 0 amide bonds. The van der Waals surface area contributed by atoms with Gasteiger partial charge in [0.15, 0.2) is 0 Å². The Bertz CT molecular complexity index is 409. The summed E-state index contributed by atoms with van der Waals surface area (Å²) < 4.78 is 0.583. The van der Waals surface area contributed by atoms with Gasteiger partial charge < -0.3 is 0 Å². The highest BCUT2D eigenvalue weighted by Crippen LogP contribution is 2.29. The van der Waals surface area contributed by atoms with E-state index in [1.165, 1.54) is 6.07 Å². The summed E-state index contributed by atoms with van der Waals surface area (Å²) in [6, 6.07) is 5.61. The molecule has 0 aromatic heterocycles. The summed E-state index contributed by atoms with van der Waals surface area (Å²) in [5, 5.41) is 10.8. The number of nitro benzene ring substituents is 1. The fourth-order valence-corrected chi connectivity index (χ4v) is 2.10. The molecule has 1 atom stereocenters. The molecule has 0 aliphatic carbocycles. The Morgan fingerprint density at radius 2 is 2.18 bits per heavy atom. The molecule has 0 bridgehead atoms. The highest BCUT2D eigenvalue weighted by atomic mass is 79.9. The zero-order valence-corrected chi connectivity index (χ0v) is 11.9. The van der Waals surface area contributed by atoms with Gasteiger partial charge in [-0.05, 0) is 41.9 Å². The number of nitro groups is 1. The SMILES string of the molecule is CCC(C)N(C)Cc1cccc([N+](=O)[O-])c1Br. The van der Waals surface area contributed by atoms with E-state index in [2.05, 4.69) is 34.7 Å². The van der Waals surface area contributed by atoms with Crippen LogP contribution in [0.2, 0.25) is 0 Å². The van der Waals surface area contributed by atoms with Crippen molar-refractivity contribution in [3.63, 3.8) is 0 Å². The van der Waals surface area contributed by atoms with Gasteiger partial charge >= 0.3 is 0 Å². The Morgan fingerprint density at radius 1 is 1.53 bits per heavy atom. The summed E-state index contributed by atoms with van der Waals surface area (Å²) in [5.74, 6) is 0. The molecule has 0 fully saturated rings. The molecule has 1 rings (SSSR count). The van der Waals surface area contributed by atoms with Crippen LogP contribution in [-0.2, 0) is 6.54 Å². The topological polar surface area (TPSA) is 46.4 Å². The molecule has 0 saturated heterocycles. The van der Waals surface area contributed by atoms with Crippen molar-refractivity contribution in [1.29, 1.82) is 0 Å². The van der Waals surface area contributed by atoms with Crippen LogP contribution in [-0.4, -0.2) is 22.9 Å². The molecule has 94 valence electrons. The molecule has 5 heteroatoms. The normalized spacial score (nSPS) is 12.8. The van der Waals surface area contributed by atoms with E-state index < -0.39 is 0 Å². The number of nitrogens with zero attached hydrogens (tertiary/aromatic N) is 2. The quantitative estimate of drug-likeness (QED) is 0.617. The molecule has 0 saturated carbocycles. The highest BCUT2D eigenvalue weighted by Gasteiger charge is 2.16. The van der Waals surface area contributed by atoms with Gasteiger partial charge in [-0.1, -0.05) is 19.1 Å². The second kappa shape index (κ2) is 6.12. The minimum atomic E-state index is -0.364. The predicted octanol–water partition coefficient (Wildman–Crippen LogP) is 3.59. The van der Waals surface area contributed by atoms with Gasteiger partial charge in [0.1, 0.15) is 0 Å². The van der Waals surface area contributed by atoms with Gasteiger partial charge in [-0.3, -0.25) is 15.0 Å².